The molecule has 142 valence electrons. The van der Waals surface area contributed by atoms with Gasteiger partial charge in [-0.3, -0.25) is 9.78 Å². The Morgan fingerprint density at radius 1 is 1.00 bits per heavy atom. The van der Waals surface area contributed by atoms with E-state index < -0.39 is 0 Å². The molecule has 5 heteroatoms. The van der Waals surface area contributed by atoms with Crippen molar-refractivity contribution in [1.82, 2.24) is 9.97 Å². The number of pyridine rings is 2. The Bertz CT molecular complexity index is 1200. The summed E-state index contributed by atoms with van der Waals surface area (Å²) in [6.07, 6.45) is 4.36. The summed E-state index contributed by atoms with van der Waals surface area (Å²) in [4.78, 5) is 24.0. The Morgan fingerprint density at radius 2 is 1.86 bits per heavy atom. The van der Waals surface area contributed by atoms with Crippen LogP contribution in [0.2, 0.25) is 0 Å². The van der Waals surface area contributed by atoms with Crippen LogP contribution in [-0.4, -0.2) is 21.9 Å². The van der Waals surface area contributed by atoms with E-state index in [1.807, 2.05) is 48.5 Å². The van der Waals surface area contributed by atoms with Gasteiger partial charge in [0, 0.05) is 29.5 Å². The molecule has 29 heavy (non-hydrogen) atoms. The van der Waals surface area contributed by atoms with E-state index in [0.717, 1.165) is 23.1 Å². The van der Waals surface area contributed by atoms with Gasteiger partial charge in [0.25, 0.3) is 5.91 Å². The smallest absolute Gasteiger partial charge is 0.257 e. The number of anilines is 3. The van der Waals surface area contributed by atoms with Crippen molar-refractivity contribution in [1.29, 1.82) is 0 Å². The molecular weight excluding hydrogens is 360 g/mol. The Labute approximate surface area is 169 Å². The number of para-hydroxylation sites is 2. The van der Waals surface area contributed by atoms with E-state index in [-0.39, 0.29) is 5.91 Å². The lowest BCUT2D eigenvalue weighted by atomic mass is 10.1. The molecule has 1 aliphatic heterocycles. The minimum absolute atomic E-state index is 0.197. The van der Waals surface area contributed by atoms with Gasteiger partial charge in [0.2, 0.25) is 0 Å². The quantitative estimate of drug-likeness (QED) is 0.545. The first-order chi connectivity index (χ1) is 14.2. The summed E-state index contributed by atoms with van der Waals surface area (Å²) in [7, 11) is 0. The summed E-state index contributed by atoms with van der Waals surface area (Å²) in [5.41, 5.74) is 4.50. The number of carbonyl (C=O) groups is 1. The average Bonchev–Trinajstić information content (AvgIpc) is 3.10. The van der Waals surface area contributed by atoms with Crippen LogP contribution in [0.1, 0.15) is 22.8 Å². The SMILES string of the molecule is CC1Cc2ccccc2N1c1ccc(C(=O)Nc2cccc3cccnc23)cn1. The summed E-state index contributed by atoms with van der Waals surface area (Å²) in [5.74, 6) is 0.655. The molecule has 1 N–H and O–H groups in total. The Morgan fingerprint density at radius 3 is 2.72 bits per heavy atom. The molecule has 1 atom stereocenters. The third-order valence-corrected chi connectivity index (χ3v) is 5.35. The minimum atomic E-state index is -0.197. The zero-order valence-electron chi connectivity index (χ0n) is 16.0. The number of benzene rings is 2. The number of rotatable bonds is 3. The highest BCUT2D eigenvalue weighted by Crippen LogP contribution is 2.37. The number of hydrogen-bond donors (Lipinski definition) is 1. The number of amides is 1. The van der Waals surface area contributed by atoms with Gasteiger partial charge in [0.15, 0.2) is 0 Å². The van der Waals surface area contributed by atoms with Crippen molar-refractivity contribution in [2.45, 2.75) is 19.4 Å². The first-order valence-electron chi connectivity index (χ1n) is 9.69. The van der Waals surface area contributed by atoms with Crippen LogP contribution < -0.4 is 10.2 Å². The van der Waals surface area contributed by atoms with Crippen LogP contribution in [0.15, 0.2) is 79.1 Å². The Kier molecular flexibility index (Phi) is 4.21. The van der Waals surface area contributed by atoms with Crippen LogP contribution in [0.25, 0.3) is 10.9 Å². The van der Waals surface area contributed by atoms with Gasteiger partial charge in [0.05, 0.1) is 16.8 Å². The van der Waals surface area contributed by atoms with Crippen LogP contribution in [0, 0.1) is 0 Å². The highest BCUT2D eigenvalue weighted by molar-refractivity contribution is 6.08. The molecule has 2 aromatic heterocycles. The highest BCUT2D eigenvalue weighted by atomic mass is 16.1. The van der Waals surface area contributed by atoms with Gasteiger partial charge in [-0.25, -0.2) is 4.98 Å². The molecule has 0 radical (unpaired) electrons. The maximum atomic E-state index is 12.8. The molecule has 4 aromatic rings. The van der Waals surface area contributed by atoms with Crippen LogP contribution >= 0.6 is 0 Å². The summed E-state index contributed by atoms with van der Waals surface area (Å²) in [6.45, 7) is 2.19. The predicted molar refractivity (Wildman–Crippen MR) is 116 cm³/mol. The van der Waals surface area contributed by atoms with E-state index in [2.05, 4.69) is 45.3 Å². The fraction of sp³-hybridized carbons (Fsp3) is 0.125. The molecule has 0 bridgehead atoms. The highest BCUT2D eigenvalue weighted by Gasteiger charge is 2.27. The average molecular weight is 380 g/mol. The third kappa shape index (κ3) is 3.10. The van der Waals surface area contributed by atoms with Crippen LogP contribution in [0.5, 0.6) is 0 Å². The molecule has 0 saturated heterocycles. The van der Waals surface area contributed by atoms with Gasteiger partial charge in [-0.15, -0.1) is 0 Å². The molecule has 1 amide bonds. The fourth-order valence-electron chi connectivity index (χ4n) is 3.98. The first-order valence-corrected chi connectivity index (χ1v) is 9.69. The number of nitrogens with zero attached hydrogens (tertiary/aromatic N) is 3. The first kappa shape index (κ1) is 17.4. The second-order valence-electron chi connectivity index (χ2n) is 7.29. The summed E-state index contributed by atoms with van der Waals surface area (Å²) in [6, 6.07) is 22.1. The normalized spacial score (nSPS) is 15.3. The predicted octanol–water partition coefficient (Wildman–Crippen LogP) is 4.96. The Balaban J connectivity index is 1.40. The fourth-order valence-corrected chi connectivity index (χ4v) is 3.98. The number of hydrogen-bond acceptors (Lipinski definition) is 4. The lowest BCUT2D eigenvalue weighted by molar-refractivity contribution is 0.102. The third-order valence-electron chi connectivity index (χ3n) is 5.35. The summed E-state index contributed by atoms with van der Waals surface area (Å²) < 4.78 is 0. The second-order valence-corrected chi connectivity index (χ2v) is 7.29. The maximum Gasteiger partial charge on any atom is 0.257 e. The largest absolute Gasteiger partial charge is 0.323 e. The van der Waals surface area contributed by atoms with Crippen molar-refractivity contribution in [3.8, 4) is 0 Å². The molecular formula is C24H20N4O. The van der Waals surface area contributed by atoms with Crippen LogP contribution in [0.3, 0.4) is 0 Å². The van der Waals surface area contributed by atoms with Crippen molar-refractivity contribution in [2.75, 3.05) is 10.2 Å². The molecule has 0 fully saturated rings. The van der Waals surface area contributed by atoms with Gasteiger partial charge in [-0.05, 0) is 49.2 Å². The van der Waals surface area contributed by atoms with Crippen LogP contribution in [0.4, 0.5) is 17.2 Å². The van der Waals surface area contributed by atoms with E-state index >= 15 is 0 Å². The lowest BCUT2D eigenvalue weighted by Crippen LogP contribution is -2.25. The van der Waals surface area contributed by atoms with Crippen molar-refractivity contribution < 1.29 is 4.79 Å². The van der Waals surface area contributed by atoms with Crippen LogP contribution in [-0.2, 0) is 6.42 Å². The molecule has 1 unspecified atom stereocenters. The topological polar surface area (TPSA) is 58.1 Å². The van der Waals surface area contributed by atoms with Crippen molar-refractivity contribution >= 4 is 34.0 Å². The minimum Gasteiger partial charge on any atom is -0.323 e. The number of fused-ring (bicyclic) bond motifs is 2. The van der Waals surface area contributed by atoms with Crippen molar-refractivity contribution in [3.63, 3.8) is 0 Å². The number of nitrogens with one attached hydrogen (secondary N) is 1. The monoisotopic (exact) mass is 380 g/mol. The van der Waals surface area contributed by atoms with Gasteiger partial charge in [-0.2, -0.15) is 0 Å². The van der Waals surface area contributed by atoms with Gasteiger partial charge in [-0.1, -0.05) is 36.4 Å². The second kappa shape index (κ2) is 7.02. The van der Waals surface area contributed by atoms with Gasteiger partial charge < -0.3 is 10.2 Å². The maximum absolute atomic E-state index is 12.8. The lowest BCUT2D eigenvalue weighted by Gasteiger charge is -2.23. The standard InChI is InChI=1S/C24H20N4O/c1-16-14-18-6-2-3-10-21(18)28(16)22-12-11-19(15-26-22)24(29)27-20-9-4-7-17-8-5-13-25-23(17)20/h2-13,15-16H,14H2,1H3,(H,27,29). The molecule has 2 aromatic carbocycles. The molecule has 5 nitrogen and oxygen atoms in total. The van der Waals surface area contributed by atoms with Gasteiger partial charge >= 0.3 is 0 Å². The van der Waals surface area contributed by atoms with E-state index in [9.17, 15) is 4.79 Å². The van der Waals surface area contributed by atoms with E-state index in [1.54, 1.807) is 12.4 Å². The van der Waals surface area contributed by atoms with E-state index in [4.69, 9.17) is 0 Å². The van der Waals surface area contributed by atoms with E-state index in [0.29, 0.717) is 17.3 Å². The molecule has 0 spiro atoms. The number of aromatic nitrogens is 2. The molecule has 0 saturated carbocycles. The zero-order valence-corrected chi connectivity index (χ0v) is 16.0. The van der Waals surface area contributed by atoms with Gasteiger partial charge in [0.1, 0.15) is 5.82 Å². The molecule has 0 aliphatic carbocycles. The van der Waals surface area contributed by atoms with E-state index in [1.165, 1.54) is 11.3 Å². The summed E-state index contributed by atoms with van der Waals surface area (Å²) in [5, 5.41) is 3.95. The van der Waals surface area contributed by atoms with Crippen molar-refractivity contribution in [3.05, 3.63) is 90.3 Å². The molecule has 3 heterocycles. The zero-order chi connectivity index (χ0) is 19.8. The number of carbonyl (C=O) groups excluding carboxylic acids is 1. The summed E-state index contributed by atoms with van der Waals surface area (Å²) >= 11 is 0. The Hall–Kier alpha value is -3.73. The van der Waals surface area contributed by atoms with Crippen molar-refractivity contribution in [2.24, 2.45) is 0 Å². The molecule has 1 aliphatic rings. The molecule has 5 rings (SSSR count).